The molecule has 0 radical (unpaired) electrons. The largest absolute Gasteiger partial charge is 0.481 e. The Morgan fingerprint density at radius 2 is 1.95 bits per heavy atom. The van der Waals surface area contributed by atoms with Crippen molar-refractivity contribution in [3.05, 3.63) is 35.4 Å². The zero-order chi connectivity index (χ0) is 14.3. The van der Waals surface area contributed by atoms with Crippen molar-refractivity contribution in [3.8, 4) is 0 Å². The Morgan fingerprint density at radius 1 is 1.32 bits per heavy atom. The third-order valence-electron chi connectivity index (χ3n) is 2.70. The highest BCUT2D eigenvalue weighted by Gasteiger charge is 2.10. The van der Waals surface area contributed by atoms with E-state index in [-0.39, 0.29) is 18.4 Å². The summed E-state index contributed by atoms with van der Waals surface area (Å²) in [4.78, 5) is 22.3. The molecule has 1 aromatic carbocycles. The van der Waals surface area contributed by atoms with Crippen LogP contribution < -0.4 is 5.32 Å². The maximum absolute atomic E-state index is 11.9. The molecule has 1 aromatic rings. The first kappa shape index (κ1) is 15.6. The number of hydrogen-bond donors (Lipinski definition) is 2. The van der Waals surface area contributed by atoms with Crippen molar-refractivity contribution in [2.45, 2.75) is 31.6 Å². The maximum Gasteiger partial charge on any atom is 0.303 e. The zero-order valence-corrected chi connectivity index (χ0v) is 12.0. The van der Waals surface area contributed by atoms with Crippen molar-refractivity contribution < 1.29 is 14.7 Å². The van der Waals surface area contributed by atoms with E-state index in [2.05, 4.69) is 5.32 Å². The zero-order valence-electron chi connectivity index (χ0n) is 11.2. The average Bonchev–Trinajstić information content (AvgIpc) is 2.37. The predicted octanol–water partition coefficient (Wildman–Crippen LogP) is 2.53. The number of thioether (sulfide) groups is 1. The van der Waals surface area contributed by atoms with Crippen LogP contribution >= 0.6 is 11.8 Å². The van der Waals surface area contributed by atoms with Crippen LogP contribution in [0.3, 0.4) is 0 Å². The number of hydrogen-bond acceptors (Lipinski definition) is 3. The molecule has 1 amide bonds. The first-order valence-corrected chi connectivity index (χ1v) is 7.53. The molecule has 4 nitrogen and oxygen atoms in total. The highest BCUT2D eigenvalue weighted by atomic mass is 32.2. The van der Waals surface area contributed by atoms with Gasteiger partial charge in [0.25, 0.3) is 5.91 Å². The van der Waals surface area contributed by atoms with Crippen LogP contribution in [-0.2, 0) is 10.5 Å². The number of rotatable bonds is 7. The minimum absolute atomic E-state index is 0.0636. The second-order valence-electron chi connectivity index (χ2n) is 4.44. The lowest BCUT2D eigenvalue weighted by Crippen LogP contribution is -2.32. The van der Waals surface area contributed by atoms with Gasteiger partial charge in [-0.3, -0.25) is 9.59 Å². The Bertz CT molecular complexity index is 431. The molecule has 1 unspecified atom stereocenters. The van der Waals surface area contributed by atoms with Gasteiger partial charge in [0.1, 0.15) is 0 Å². The minimum Gasteiger partial charge on any atom is -0.481 e. The van der Waals surface area contributed by atoms with Crippen molar-refractivity contribution >= 4 is 23.6 Å². The van der Waals surface area contributed by atoms with E-state index in [1.54, 1.807) is 23.9 Å². The summed E-state index contributed by atoms with van der Waals surface area (Å²) in [6, 6.07) is 7.32. The third kappa shape index (κ3) is 5.79. The second kappa shape index (κ2) is 7.84. The number of carboxylic acid groups (broad SMARTS) is 1. The van der Waals surface area contributed by atoms with E-state index in [4.69, 9.17) is 5.11 Å². The molecule has 19 heavy (non-hydrogen) atoms. The molecule has 0 aliphatic carbocycles. The van der Waals surface area contributed by atoms with Crippen LogP contribution in [0.1, 0.15) is 35.7 Å². The molecular weight excluding hydrogens is 262 g/mol. The van der Waals surface area contributed by atoms with E-state index in [9.17, 15) is 9.59 Å². The number of nitrogens with one attached hydrogen (secondary N) is 1. The number of carboxylic acids is 1. The Hall–Kier alpha value is -1.49. The molecule has 0 bridgehead atoms. The van der Waals surface area contributed by atoms with Gasteiger partial charge in [-0.15, -0.1) is 0 Å². The van der Waals surface area contributed by atoms with Gasteiger partial charge in [0, 0.05) is 23.8 Å². The molecule has 0 aliphatic heterocycles. The van der Waals surface area contributed by atoms with Gasteiger partial charge in [0.05, 0.1) is 0 Å². The number of benzene rings is 1. The van der Waals surface area contributed by atoms with Crippen molar-refractivity contribution in [1.29, 1.82) is 0 Å². The van der Waals surface area contributed by atoms with Crippen LogP contribution in [-0.4, -0.2) is 29.3 Å². The quantitative estimate of drug-likeness (QED) is 0.806. The fourth-order valence-corrected chi connectivity index (χ4v) is 2.16. The number of carbonyl (C=O) groups excluding carboxylic acids is 1. The van der Waals surface area contributed by atoms with Gasteiger partial charge in [-0.25, -0.2) is 0 Å². The van der Waals surface area contributed by atoms with Crippen molar-refractivity contribution in [3.63, 3.8) is 0 Å². The fraction of sp³-hybridized carbons (Fsp3) is 0.429. The molecule has 1 rings (SSSR count). The van der Waals surface area contributed by atoms with Crippen molar-refractivity contribution in [2.24, 2.45) is 0 Å². The topological polar surface area (TPSA) is 66.4 Å². The van der Waals surface area contributed by atoms with Crippen molar-refractivity contribution in [2.75, 3.05) is 6.26 Å². The molecule has 0 fully saturated rings. The SMILES string of the molecule is CSCc1ccc(C(=O)NC(C)CCC(=O)O)cc1. The lowest BCUT2D eigenvalue weighted by molar-refractivity contribution is -0.137. The Balaban J connectivity index is 2.50. The summed E-state index contributed by atoms with van der Waals surface area (Å²) in [6.07, 6.45) is 2.53. The molecule has 0 saturated heterocycles. The smallest absolute Gasteiger partial charge is 0.303 e. The monoisotopic (exact) mass is 281 g/mol. The standard InChI is InChI=1S/C14H19NO3S/c1-10(3-8-13(16)17)15-14(18)12-6-4-11(5-7-12)9-19-2/h4-7,10H,3,8-9H2,1-2H3,(H,15,18)(H,16,17). The summed E-state index contributed by atoms with van der Waals surface area (Å²) in [7, 11) is 0. The number of amides is 1. The number of carbonyl (C=O) groups is 2. The summed E-state index contributed by atoms with van der Waals surface area (Å²) < 4.78 is 0. The van der Waals surface area contributed by atoms with Gasteiger partial charge in [-0.05, 0) is 37.3 Å². The highest BCUT2D eigenvalue weighted by molar-refractivity contribution is 7.97. The fourth-order valence-electron chi connectivity index (χ4n) is 1.64. The van der Waals surface area contributed by atoms with E-state index in [1.165, 1.54) is 5.56 Å². The van der Waals surface area contributed by atoms with E-state index in [0.717, 1.165) is 5.75 Å². The van der Waals surface area contributed by atoms with Crippen LogP contribution in [0.15, 0.2) is 24.3 Å². The maximum atomic E-state index is 11.9. The highest BCUT2D eigenvalue weighted by Crippen LogP contribution is 2.11. The Labute approximate surface area is 117 Å². The summed E-state index contributed by atoms with van der Waals surface area (Å²) in [5, 5.41) is 11.4. The Kier molecular flexibility index (Phi) is 6.42. The summed E-state index contributed by atoms with van der Waals surface area (Å²) in [6.45, 7) is 1.81. The van der Waals surface area contributed by atoms with Gasteiger partial charge in [-0.2, -0.15) is 11.8 Å². The molecule has 5 heteroatoms. The van der Waals surface area contributed by atoms with E-state index in [0.29, 0.717) is 12.0 Å². The van der Waals surface area contributed by atoms with Crippen LogP contribution in [0.2, 0.25) is 0 Å². The van der Waals surface area contributed by atoms with Crippen molar-refractivity contribution in [1.82, 2.24) is 5.32 Å². The molecule has 0 aliphatic rings. The lowest BCUT2D eigenvalue weighted by atomic mass is 10.1. The van der Waals surface area contributed by atoms with E-state index >= 15 is 0 Å². The van der Waals surface area contributed by atoms with Crippen LogP contribution in [0.25, 0.3) is 0 Å². The van der Waals surface area contributed by atoms with Crippen LogP contribution in [0.4, 0.5) is 0 Å². The lowest BCUT2D eigenvalue weighted by Gasteiger charge is -2.12. The molecule has 104 valence electrons. The first-order valence-electron chi connectivity index (χ1n) is 6.13. The second-order valence-corrected chi connectivity index (χ2v) is 5.30. The van der Waals surface area contributed by atoms with Gasteiger partial charge in [-0.1, -0.05) is 12.1 Å². The average molecular weight is 281 g/mol. The minimum atomic E-state index is -0.845. The summed E-state index contributed by atoms with van der Waals surface area (Å²) >= 11 is 1.73. The Morgan fingerprint density at radius 3 is 2.47 bits per heavy atom. The van der Waals surface area contributed by atoms with E-state index in [1.807, 2.05) is 25.3 Å². The van der Waals surface area contributed by atoms with Crippen LogP contribution in [0.5, 0.6) is 0 Å². The van der Waals surface area contributed by atoms with E-state index < -0.39 is 5.97 Å². The number of aliphatic carboxylic acids is 1. The molecule has 1 atom stereocenters. The van der Waals surface area contributed by atoms with Gasteiger partial charge in [0.15, 0.2) is 0 Å². The van der Waals surface area contributed by atoms with Crippen LogP contribution in [0, 0.1) is 0 Å². The normalized spacial score (nSPS) is 11.9. The third-order valence-corrected chi connectivity index (χ3v) is 3.32. The molecule has 0 saturated carbocycles. The molecule has 2 N–H and O–H groups in total. The molecule has 0 aromatic heterocycles. The van der Waals surface area contributed by atoms with Gasteiger partial charge in [0.2, 0.25) is 0 Å². The van der Waals surface area contributed by atoms with Gasteiger partial charge < -0.3 is 10.4 Å². The molecular formula is C14H19NO3S. The predicted molar refractivity (Wildman–Crippen MR) is 77.5 cm³/mol. The van der Waals surface area contributed by atoms with Gasteiger partial charge >= 0.3 is 5.97 Å². The summed E-state index contributed by atoms with van der Waals surface area (Å²) in [5.41, 5.74) is 1.79. The molecule has 0 spiro atoms. The summed E-state index contributed by atoms with van der Waals surface area (Å²) in [5.74, 6) is -0.0761. The first-order chi connectivity index (χ1) is 9.02. The molecule has 0 heterocycles.